The lowest BCUT2D eigenvalue weighted by atomic mass is 10.1. The van der Waals surface area contributed by atoms with Gasteiger partial charge in [0.1, 0.15) is 5.82 Å². The minimum Gasteiger partial charge on any atom is -0.352 e. The molecule has 1 aromatic carbocycles. The van der Waals surface area contributed by atoms with Gasteiger partial charge < -0.3 is 11.1 Å². The number of halogens is 1. The standard InChI is InChI=1S/C15H23FN2OS/c1-2-3-4-13(11-17)18-15(19)9-10-20-14-7-5-12(16)6-8-14/h5-8,13H,2-4,9-11,17H2,1H3,(H,18,19). The van der Waals surface area contributed by atoms with Crippen molar-refractivity contribution >= 4 is 17.7 Å². The molecule has 0 saturated heterocycles. The van der Waals surface area contributed by atoms with Gasteiger partial charge in [-0.25, -0.2) is 4.39 Å². The minimum atomic E-state index is -0.242. The third-order valence-corrected chi connectivity index (χ3v) is 3.98. The van der Waals surface area contributed by atoms with Crippen LogP contribution in [-0.4, -0.2) is 24.2 Å². The predicted octanol–water partition coefficient (Wildman–Crippen LogP) is 2.94. The van der Waals surface area contributed by atoms with Crippen molar-refractivity contribution in [2.75, 3.05) is 12.3 Å². The van der Waals surface area contributed by atoms with E-state index in [2.05, 4.69) is 12.2 Å². The van der Waals surface area contributed by atoms with E-state index in [9.17, 15) is 9.18 Å². The Hall–Kier alpha value is -1.07. The number of carbonyl (C=O) groups is 1. The average molecular weight is 298 g/mol. The number of nitrogens with two attached hydrogens (primary N) is 1. The lowest BCUT2D eigenvalue weighted by Gasteiger charge is -2.16. The van der Waals surface area contributed by atoms with Crippen LogP contribution < -0.4 is 11.1 Å². The van der Waals surface area contributed by atoms with E-state index in [0.717, 1.165) is 24.2 Å². The molecule has 0 saturated carbocycles. The van der Waals surface area contributed by atoms with Crippen LogP contribution in [0.15, 0.2) is 29.2 Å². The van der Waals surface area contributed by atoms with Crippen molar-refractivity contribution in [3.05, 3.63) is 30.1 Å². The monoisotopic (exact) mass is 298 g/mol. The number of unbranched alkanes of at least 4 members (excludes halogenated alkanes) is 1. The van der Waals surface area contributed by atoms with Gasteiger partial charge in [0.05, 0.1) is 0 Å². The van der Waals surface area contributed by atoms with Crippen LogP contribution in [0.25, 0.3) is 0 Å². The Morgan fingerprint density at radius 2 is 2.10 bits per heavy atom. The topological polar surface area (TPSA) is 55.1 Å². The van der Waals surface area contributed by atoms with E-state index in [0.29, 0.717) is 18.7 Å². The zero-order valence-corrected chi connectivity index (χ0v) is 12.7. The molecular weight excluding hydrogens is 275 g/mol. The SMILES string of the molecule is CCCCC(CN)NC(=O)CCSc1ccc(F)cc1. The number of carbonyl (C=O) groups excluding carboxylic acids is 1. The summed E-state index contributed by atoms with van der Waals surface area (Å²) >= 11 is 1.55. The highest BCUT2D eigenvalue weighted by Gasteiger charge is 2.09. The molecule has 20 heavy (non-hydrogen) atoms. The molecule has 0 spiro atoms. The normalized spacial score (nSPS) is 12.2. The summed E-state index contributed by atoms with van der Waals surface area (Å²) in [6.45, 7) is 2.60. The second-order valence-corrected chi connectivity index (χ2v) is 5.86. The van der Waals surface area contributed by atoms with E-state index in [4.69, 9.17) is 5.73 Å². The molecule has 0 aliphatic heterocycles. The van der Waals surface area contributed by atoms with E-state index < -0.39 is 0 Å². The molecule has 0 aliphatic rings. The van der Waals surface area contributed by atoms with Crippen molar-refractivity contribution in [2.45, 2.75) is 43.5 Å². The Kier molecular flexibility index (Phi) is 8.30. The van der Waals surface area contributed by atoms with Crippen LogP contribution in [0.2, 0.25) is 0 Å². The molecule has 3 N–H and O–H groups in total. The lowest BCUT2D eigenvalue weighted by molar-refractivity contribution is -0.121. The van der Waals surface area contributed by atoms with Gasteiger partial charge in [0.25, 0.3) is 0 Å². The Morgan fingerprint density at radius 3 is 2.70 bits per heavy atom. The van der Waals surface area contributed by atoms with Crippen LogP contribution in [0.5, 0.6) is 0 Å². The Balaban J connectivity index is 2.23. The van der Waals surface area contributed by atoms with Crippen molar-refractivity contribution in [2.24, 2.45) is 5.73 Å². The number of benzene rings is 1. The van der Waals surface area contributed by atoms with Crippen molar-refractivity contribution in [3.8, 4) is 0 Å². The van der Waals surface area contributed by atoms with E-state index in [1.165, 1.54) is 12.1 Å². The zero-order valence-electron chi connectivity index (χ0n) is 11.9. The van der Waals surface area contributed by atoms with Gasteiger partial charge in [-0.05, 0) is 30.7 Å². The smallest absolute Gasteiger partial charge is 0.221 e. The maximum Gasteiger partial charge on any atom is 0.221 e. The third-order valence-electron chi connectivity index (χ3n) is 2.97. The van der Waals surface area contributed by atoms with E-state index in [-0.39, 0.29) is 17.8 Å². The first kappa shape index (κ1) is 17.0. The van der Waals surface area contributed by atoms with Crippen LogP contribution in [0, 0.1) is 5.82 Å². The molecule has 0 radical (unpaired) electrons. The molecular formula is C15H23FN2OS. The molecule has 0 aromatic heterocycles. The summed E-state index contributed by atoms with van der Waals surface area (Å²) in [5, 5.41) is 2.96. The molecule has 3 nitrogen and oxygen atoms in total. The number of rotatable bonds is 9. The quantitative estimate of drug-likeness (QED) is 0.689. The molecule has 1 unspecified atom stereocenters. The zero-order chi connectivity index (χ0) is 14.8. The lowest BCUT2D eigenvalue weighted by Crippen LogP contribution is -2.40. The highest BCUT2D eigenvalue weighted by Crippen LogP contribution is 2.18. The summed E-state index contributed by atoms with van der Waals surface area (Å²) < 4.78 is 12.7. The fraction of sp³-hybridized carbons (Fsp3) is 0.533. The van der Waals surface area contributed by atoms with Crippen LogP contribution in [0.3, 0.4) is 0 Å². The van der Waals surface area contributed by atoms with E-state index in [1.54, 1.807) is 23.9 Å². The molecule has 1 rings (SSSR count). The van der Waals surface area contributed by atoms with Gasteiger partial charge in [-0.1, -0.05) is 19.8 Å². The molecule has 112 valence electrons. The van der Waals surface area contributed by atoms with Gasteiger partial charge in [-0.3, -0.25) is 4.79 Å². The van der Waals surface area contributed by atoms with Crippen molar-refractivity contribution in [1.29, 1.82) is 0 Å². The maximum atomic E-state index is 12.7. The largest absolute Gasteiger partial charge is 0.352 e. The van der Waals surface area contributed by atoms with Crippen LogP contribution in [0.4, 0.5) is 4.39 Å². The van der Waals surface area contributed by atoms with Gasteiger partial charge in [0, 0.05) is 29.7 Å². The first-order valence-corrected chi connectivity index (χ1v) is 8.02. The van der Waals surface area contributed by atoms with Gasteiger partial charge in [-0.2, -0.15) is 0 Å². The van der Waals surface area contributed by atoms with Gasteiger partial charge in [-0.15, -0.1) is 11.8 Å². The summed E-state index contributed by atoms with van der Waals surface area (Å²) in [7, 11) is 0. The van der Waals surface area contributed by atoms with Crippen LogP contribution in [0.1, 0.15) is 32.6 Å². The third kappa shape index (κ3) is 6.91. The summed E-state index contributed by atoms with van der Waals surface area (Å²) in [6, 6.07) is 6.39. The number of amides is 1. The molecule has 5 heteroatoms. The summed E-state index contributed by atoms with van der Waals surface area (Å²) in [6.07, 6.45) is 3.56. The first-order chi connectivity index (χ1) is 9.65. The summed E-state index contributed by atoms with van der Waals surface area (Å²) in [4.78, 5) is 12.8. The number of hydrogen-bond acceptors (Lipinski definition) is 3. The highest BCUT2D eigenvalue weighted by atomic mass is 32.2. The second-order valence-electron chi connectivity index (χ2n) is 4.69. The first-order valence-electron chi connectivity index (χ1n) is 7.03. The van der Waals surface area contributed by atoms with E-state index >= 15 is 0 Å². The Bertz CT molecular complexity index is 397. The molecule has 1 amide bonds. The molecule has 1 aromatic rings. The fourth-order valence-corrected chi connectivity index (χ4v) is 2.64. The van der Waals surface area contributed by atoms with Gasteiger partial charge >= 0.3 is 0 Å². The second kappa shape index (κ2) is 9.77. The highest BCUT2D eigenvalue weighted by molar-refractivity contribution is 7.99. The molecule has 1 atom stereocenters. The fourth-order valence-electron chi connectivity index (χ4n) is 1.79. The summed E-state index contributed by atoms with van der Waals surface area (Å²) in [5.74, 6) is 0.475. The van der Waals surface area contributed by atoms with Crippen LogP contribution in [-0.2, 0) is 4.79 Å². The Labute approximate surface area is 124 Å². The van der Waals surface area contributed by atoms with Crippen molar-refractivity contribution in [1.82, 2.24) is 5.32 Å². The van der Waals surface area contributed by atoms with Gasteiger partial charge in [0.15, 0.2) is 0 Å². The number of thioether (sulfide) groups is 1. The van der Waals surface area contributed by atoms with E-state index in [1.807, 2.05) is 0 Å². The van der Waals surface area contributed by atoms with Gasteiger partial charge in [0.2, 0.25) is 5.91 Å². The number of nitrogens with one attached hydrogen (secondary N) is 1. The van der Waals surface area contributed by atoms with Crippen molar-refractivity contribution in [3.63, 3.8) is 0 Å². The average Bonchev–Trinajstić information content (AvgIpc) is 2.45. The van der Waals surface area contributed by atoms with Crippen molar-refractivity contribution < 1.29 is 9.18 Å². The molecule has 0 bridgehead atoms. The Morgan fingerprint density at radius 1 is 1.40 bits per heavy atom. The number of hydrogen-bond donors (Lipinski definition) is 2. The van der Waals surface area contributed by atoms with Crippen LogP contribution >= 0.6 is 11.8 Å². The minimum absolute atomic E-state index is 0.0335. The summed E-state index contributed by atoms with van der Waals surface area (Å²) in [5.41, 5.74) is 5.64. The maximum absolute atomic E-state index is 12.7. The predicted molar refractivity (Wildman–Crippen MR) is 82.3 cm³/mol. The molecule has 0 heterocycles. The molecule has 0 aliphatic carbocycles. The molecule has 0 fully saturated rings.